The number of aliphatic imine (C=N–C) groups is 1. The van der Waals surface area contributed by atoms with E-state index in [0.29, 0.717) is 12.5 Å². The zero-order valence-electron chi connectivity index (χ0n) is 7.92. The lowest BCUT2D eigenvalue weighted by Crippen LogP contribution is -2.42. The number of rotatable bonds is 1. The molecular weight excluding hydrogens is 242 g/mol. The van der Waals surface area contributed by atoms with Crippen LogP contribution in [0.4, 0.5) is 0 Å². The van der Waals surface area contributed by atoms with E-state index < -0.39 is 0 Å². The van der Waals surface area contributed by atoms with Gasteiger partial charge in [-0.1, -0.05) is 28.1 Å². The Balaban J connectivity index is 2.28. The van der Waals surface area contributed by atoms with Crippen LogP contribution in [0.5, 0.6) is 0 Å². The quantitative estimate of drug-likeness (QED) is 0.799. The van der Waals surface area contributed by atoms with Crippen molar-refractivity contribution in [3.63, 3.8) is 0 Å². The first-order valence-electron chi connectivity index (χ1n) is 4.44. The number of hydrogen-bond acceptors (Lipinski definition) is 3. The van der Waals surface area contributed by atoms with Crippen LogP contribution in [0.2, 0.25) is 0 Å². The molecule has 3 N–H and O–H groups in total. The molecule has 1 aromatic rings. The van der Waals surface area contributed by atoms with Crippen molar-refractivity contribution in [3.8, 4) is 0 Å². The van der Waals surface area contributed by atoms with Crippen LogP contribution < -0.4 is 11.1 Å². The SMILES string of the molecule is CC1(c2ccc(Br)cc2)CN=C(N)N1. The van der Waals surface area contributed by atoms with Crippen LogP contribution in [0.25, 0.3) is 0 Å². The lowest BCUT2D eigenvalue weighted by Gasteiger charge is -2.24. The number of guanidine groups is 1. The third-order valence-electron chi connectivity index (χ3n) is 2.45. The van der Waals surface area contributed by atoms with E-state index in [-0.39, 0.29) is 5.54 Å². The standard InChI is InChI=1S/C10H12BrN3/c1-10(6-13-9(12)14-10)7-2-4-8(11)5-3-7/h2-5H,6H2,1H3,(H3,12,13,14). The number of nitrogens with two attached hydrogens (primary N) is 1. The number of benzene rings is 1. The molecule has 1 aliphatic rings. The largest absolute Gasteiger partial charge is 0.370 e. The number of halogens is 1. The Morgan fingerprint density at radius 2 is 2.07 bits per heavy atom. The van der Waals surface area contributed by atoms with Crippen molar-refractivity contribution in [3.05, 3.63) is 34.3 Å². The maximum Gasteiger partial charge on any atom is 0.189 e. The first-order valence-corrected chi connectivity index (χ1v) is 5.24. The van der Waals surface area contributed by atoms with Crippen LogP contribution in [0, 0.1) is 0 Å². The zero-order valence-corrected chi connectivity index (χ0v) is 9.51. The Hall–Kier alpha value is -1.03. The van der Waals surface area contributed by atoms with Crippen molar-refractivity contribution in [1.82, 2.24) is 5.32 Å². The predicted octanol–water partition coefficient (Wildman–Crippen LogP) is 1.58. The minimum atomic E-state index is -0.148. The average molecular weight is 254 g/mol. The van der Waals surface area contributed by atoms with Gasteiger partial charge in [-0.15, -0.1) is 0 Å². The summed E-state index contributed by atoms with van der Waals surface area (Å²) in [5, 5.41) is 3.18. The van der Waals surface area contributed by atoms with E-state index in [1.807, 2.05) is 12.1 Å². The van der Waals surface area contributed by atoms with Crippen LogP contribution in [0.3, 0.4) is 0 Å². The lowest BCUT2D eigenvalue weighted by atomic mass is 9.93. The molecule has 0 fully saturated rings. The van der Waals surface area contributed by atoms with Crippen LogP contribution in [-0.2, 0) is 5.54 Å². The van der Waals surface area contributed by atoms with Gasteiger partial charge >= 0.3 is 0 Å². The highest BCUT2D eigenvalue weighted by atomic mass is 79.9. The van der Waals surface area contributed by atoms with Gasteiger partial charge in [0.15, 0.2) is 5.96 Å². The molecule has 1 aliphatic heterocycles. The lowest BCUT2D eigenvalue weighted by molar-refractivity contribution is 0.480. The van der Waals surface area contributed by atoms with E-state index in [9.17, 15) is 0 Å². The second-order valence-corrected chi connectivity index (χ2v) is 4.58. The second kappa shape index (κ2) is 3.28. The minimum absolute atomic E-state index is 0.148. The highest BCUT2D eigenvalue weighted by Gasteiger charge is 2.30. The summed E-state index contributed by atoms with van der Waals surface area (Å²) < 4.78 is 1.08. The topological polar surface area (TPSA) is 50.4 Å². The van der Waals surface area contributed by atoms with Gasteiger partial charge in [-0.3, -0.25) is 4.99 Å². The van der Waals surface area contributed by atoms with Crippen molar-refractivity contribution in [2.45, 2.75) is 12.5 Å². The second-order valence-electron chi connectivity index (χ2n) is 3.67. The van der Waals surface area contributed by atoms with Gasteiger partial charge in [0.2, 0.25) is 0 Å². The molecule has 0 aliphatic carbocycles. The summed E-state index contributed by atoms with van der Waals surface area (Å²) in [5.41, 5.74) is 6.66. The molecule has 3 nitrogen and oxygen atoms in total. The molecule has 14 heavy (non-hydrogen) atoms. The van der Waals surface area contributed by atoms with Crippen LogP contribution >= 0.6 is 15.9 Å². The third-order valence-corrected chi connectivity index (χ3v) is 2.98. The molecule has 1 unspecified atom stereocenters. The Morgan fingerprint density at radius 1 is 1.43 bits per heavy atom. The molecule has 0 bridgehead atoms. The Bertz CT molecular complexity index is 371. The maximum atomic E-state index is 5.61. The van der Waals surface area contributed by atoms with Gasteiger partial charge in [0.05, 0.1) is 12.1 Å². The molecule has 0 amide bonds. The van der Waals surface area contributed by atoms with E-state index in [1.165, 1.54) is 5.56 Å². The molecule has 0 saturated carbocycles. The zero-order chi connectivity index (χ0) is 10.2. The molecule has 74 valence electrons. The monoisotopic (exact) mass is 253 g/mol. The van der Waals surface area contributed by atoms with E-state index in [1.54, 1.807) is 0 Å². The Morgan fingerprint density at radius 3 is 2.57 bits per heavy atom. The van der Waals surface area contributed by atoms with Gasteiger partial charge in [0.25, 0.3) is 0 Å². The normalized spacial score (nSPS) is 25.7. The molecule has 0 saturated heterocycles. The molecule has 0 radical (unpaired) electrons. The smallest absolute Gasteiger partial charge is 0.189 e. The molecule has 0 aromatic heterocycles. The van der Waals surface area contributed by atoms with Crippen LogP contribution in [-0.4, -0.2) is 12.5 Å². The van der Waals surface area contributed by atoms with Crippen LogP contribution in [0.1, 0.15) is 12.5 Å². The summed E-state index contributed by atoms with van der Waals surface area (Å²) in [6.07, 6.45) is 0. The van der Waals surface area contributed by atoms with Gasteiger partial charge in [0.1, 0.15) is 0 Å². The number of nitrogens with one attached hydrogen (secondary N) is 1. The summed E-state index contributed by atoms with van der Waals surface area (Å²) >= 11 is 3.41. The highest BCUT2D eigenvalue weighted by molar-refractivity contribution is 9.10. The summed E-state index contributed by atoms with van der Waals surface area (Å²) in [4.78, 5) is 4.16. The molecule has 1 atom stereocenters. The number of nitrogens with zero attached hydrogens (tertiary/aromatic N) is 1. The fourth-order valence-electron chi connectivity index (χ4n) is 1.59. The molecule has 1 heterocycles. The molecular formula is C10H12BrN3. The minimum Gasteiger partial charge on any atom is -0.370 e. The summed E-state index contributed by atoms with van der Waals surface area (Å²) in [7, 11) is 0. The Kier molecular flexibility index (Phi) is 2.23. The first kappa shape index (κ1) is 9.52. The van der Waals surface area contributed by atoms with Crippen molar-refractivity contribution in [1.29, 1.82) is 0 Å². The van der Waals surface area contributed by atoms with E-state index in [4.69, 9.17) is 5.73 Å². The van der Waals surface area contributed by atoms with Gasteiger partial charge in [-0.05, 0) is 24.6 Å². The van der Waals surface area contributed by atoms with Crippen molar-refractivity contribution < 1.29 is 0 Å². The van der Waals surface area contributed by atoms with E-state index in [2.05, 4.69) is 45.3 Å². The maximum absolute atomic E-state index is 5.61. The van der Waals surface area contributed by atoms with Gasteiger partial charge in [-0.25, -0.2) is 0 Å². The van der Waals surface area contributed by atoms with Crippen LogP contribution in [0.15, 0.2) is 33.7 Å². The summed E-state index contributed by atoms with van der Waals surface area (Å²) in [6, 6.07) is 8.20. The fourth-order valence-corrected chi connectivity index (χ4v) is 1.85. The van der Waals surface area contributed by atoms with Crippen molar-refractivity contribution in [2.24, 2.45) is 10.7 Å². The van der Waals surface area contributed by atoms with Crippen molar-refractivity contribution in [2.75, 3.05) is 6.54 Å². The number of hydrogen-bond donors (Lipinski definition) is 2. The van der Waals surface area contributed by atoms with Gasteiger partial charge in [-0.2, -0.15) is 0 Å². The molecule has 1 aromatic carbocycles. The molecule has 0 spiro atoms. The summed E-state index contributed by atoms with van der Waals surface area (Å²) in [5.74, 6) is 0.524. The predicted molar refractivity (Wildman–Crippen MR) is 61.1 cm³/mol. The summed E-state index contributed by atoms with van der Waals surface area (Å²) in [6.45, 7) is 2.79. The first-order chi connectivity index (χ1) is 6.60. The molecule has 4 heteroatoms. The van der Waals surface area contributed by atoms with E-state index in [0.717, 1.165) is 4.47 Å². The third kappa shape index (κ3) is 1.62. The van der Waals surface area contributed by atoms with Crippen molar-refractivity contribution >= 4 is 21.9 Å². The fraction of sp³-hybridized carbons (Fsp3) is 0.300. The Labute approximate surface area is 91.5 Å². The van der Waals surface area contributed by atoms with Gasteiger partial charge < -0.3 is 11.1 Å². The van der Waals surface area contributed by atoms with E-state index >= 15 is 0 Å². The average Bonchev–Trinajstić information content (AvgIpc) is 2.48. The highest BCUT2D eigenvalue weighted by Crippen LogP contribution is 2.25. The molecule has 2 rings (SSSR count). The van der Waals surface area contributed by atoms with Gasteiger partial charge in [0, 0.05) is 4.47 Å².